The summed E-state index contributed by atoms with van der Waals surface area (Å²) in [5.41, 5.74) is 0.164. The molecule has 0 radical (unpaired) electrons. The van der Waals surface area contributed by atoms with Gasteiger partial charge < -0.3 is 10.0 Å². The molecule has 5 heteroatoms. The molecule has 0 atom stereocenters. The summed E-state index contributed by atoms with van der Waals surface area (Å²) in [6, 6.07) is 8.76. The first kappa shape index (κ1) is 15.0. The van der Waals surface area contributed by atoms with Crippen molar-refractivity contribution in [3.8, 4) is 6.07 Å². The molecule has 0 saturated heterocycles. The van der Waals surface area contributed by atoms with Crippen LogP contribution in [0.2, 0.25) is 0 Å². The predicted octanol–water partition coefficient (Wildman–Crippen LogP) is 2.56. The molecule has 21 heavy (non-hydrogen) atoms. The summed E-state index contributed by atoms with van der Waals surface area (Å²) in [6.07, 6.45) is 2.83. The van der Waals surface area contributed by atoms with Gasteiger partial charge in [-0.25, -0.2) is 0 Å². The zero-order valence-corrected chi connectivity index (χ0v) is 12.0. The summed E-state index contributed by atoms with van der Waals surface area (Å²) in [4.78, 5) is 25.3. The first-order chi connectivity index (χ1) is 9.98. The van der Waals surface area contributed by atoms with Gasteiger partial charge in [0.05, 0.1) is 17.0 Å². The lowest BCUT2D eigenvalue weighted by Gasteiger charge is -2.26. The van der Waals surface area contributed by atoms with E-state index >= 15 is 0 Å². The van der Waals surface area contributed by atoms with Crippen molar-refractivity contribution < 1.29 is 14.7 Å². The van der Waals surface area contributed by atoms with Gasteiger partial charge in [0.1, 0.15) is 0 Å². The number of hydrogen-bond donors (Lipinski definition) is 1. The molecule has 1 aromatic carbocycles. The topological polar surface area (TPSA) is 81.4 Å². The summed E-state index contributed by atoms with van der Waals surface area (Å²) in [6.45, 7) is 0. The quantitative estimate of drug-likeness (QED) is 0.922. The molecule has 0 bridgehead atoms. The van der Waals surface area contributed by atoms with E-state index in [1.54, 1.807) is 31.3 Å². The number of rotatable bonds is 4. The molecule has 1 amide bonds. The first-order valence-corrected chi connectivity index (χ1v) is 6.99. The summed E-state index contributed by atoms with van der Waals surface area (Å²) in [7, 11) is 1.61. The molecule has 2 rings (SSSR count). The van der Waals surface area contributed by atoms with Crippen LogP contribution in [0.25, 0.3) is 0 Å². The molecule has 0 spiro atoms. The molecule has 5 nitrogen and oxygen atoms in total. The van der Waals surface area contributed by atoms with Gasteiger partial charge >= 0.3 is 5.97 Å². The van der Waals surface area contributed by atoms with Crippen LogP contribution >= 0.6 is 0 Å². The molecule has 1 aliphatic carbocycles. The smallest absolute Gasteiger partial charge is 0.310 e. The Morgan fingerprint density at radius 1 is 1.38 bits per heavy atom. The van der Waals surface area contributed by atoms with Crippen molar-refractivity contribution in [3.05, 3.63) is 29.8 Å². The van der Waals surface area contributed by atoms with Gasteiger partial charge in [0.2, 0.25) is 5.91 Å². The molecule has 0 aromatic heterocycles. The van der Waals surface area contributed by atoms with Crippen molar-refractivity contribution in [2.45, 2.75) is 32.1 Å². The molecule has 1 aromatic rings. The van der Waals surface area contributed by atoms with Gasteiger partial charge in [0.15, 0.2) is 0 Å². The fourth-order valence-electron chi connectivity index (χ4n) is 2.85. The van der Waals surface area contributed by atoms with Gasteiger partial charge in [-0.2, -0.15) is 5.26 Å². The maximum absolute atomic E-state index is 12.4. The Balaban J connectivity index is 2.15. The Hall–Kier alpha value is -2.35. The van der Waals surface area contributed by atoms with Gasteiger partial charge in [0.25, 0.3) is 0 Å². The number of aliphatic carboxylic acids is 1. The molecule has 0 heterocycles. The lowest BCUT2D eigenvalue weighted by atomic mass is 9.82. The second kappa shape index (κ2) is 5.96. The zero-order valence-electron chi connectivity index (χ0n) is 12.0. The third-order valence-electron chi connectivity index (χ3n) is 4.24. The first-order valence-electron chi connectivity index (χ1n) is 6.99. The van der Waals surface area contributed by atoms with Crippen molar-refractivity contribution in [1.82, 2.24) is 0 Å². The molecule has 1 fully saturated rings. The van der Waals surface area contributed by atoms with Crippen LogP contribution in [-0.2, 0) is 9.59 Å². The fraction of sp³-hybridized carbons (Fsp3) is 0.438. The maximum Gasteiger partial charge on any atom is 0.310 e. The van der Waals surface area contributed by atoms with E-state index in [9.17, 15) is 14.7 Å². The van der Waals surface area contributed by atoms with Gasteiger partial charge in [-0.05, 0) is 31.0 Å². The number of nitriles is 1. The third kappa shape index (κ3) is 3.05. The van der Waals surface area contributed by atoms with Crippen LogP contribution < -0.4 is 4.90 Å². The van der Waals surface area contributed by atoms with Crippen LogP contribution in [-0.4, -0.2) is 24.0 Å². The van der Waals surface area contributed by atoms with Gasteiger partial charge in [0, 0.05) is 19.2 Å². The van der Waals surface area contributed by atoms with Crippen molar-refractivity contribution >= 4 is 17.6 Å². The summed E-state index contributed by atoms with van der Waals surface area (Å²) in [5.74, 6) is -1.11. The minimum absolute atomic E-state index is 0.00954. The Labute approximate surface area is 123 Å². The van der Waals surface area contributed by atoms with Gasteiger partial charge in [-0.3, -0.25) is 9.59 Å². The van der Waals surface area contributed by atoms with Crippen LogP contribution in [0.5, 0.6) is 0 Å². The van der Waals surface area contributed by atoms with E-state index in [-0.39, 0.29) is 12.3 Å². The summed E-state index contributed by atoms with van der Waals surface area (Å²) < 4.78 is 0. The van der Waals surface area contributed by atoms with Crippen LogP contribution in [0, 0.1) is 16.7 Å². The second-order valence-corrected chi connectivity index (χ2v) is 5.58. The van der Waals surface area contributed by atoms with Gasteiger partial charge in [-0.1, -0.05) is 18.9 Å². The van der Waals surface area contributed by atoms with Crippen molar-refractivity contribution in [2.75, 3.05) is 11.9 Å². The molecular weight excluding hydrogens is 268 g/mol. The largest absolute Gasteiger partial charge is 0.481 e. The van der Waals surface area contributed by atoms with Gasteiger partial charge in [-0.15, -0.1) is 0 Å². The number of carbonyl (C=O) groups is 2. The van der Waals surface area contributed by atoms with Crippen molar-refractivity contribution in [1.29, 1.82) is 5.26 Å². The molecule has 1 N–H and O–H groups in total. The van der Waals surface area contributed by atoms with E-state index in [1.165, 1.54) is 4.90 Å². The van der Waals surface area contributed by atoms with E-state index in [1.807, 2.05) is 6.07 Å². The fourth-order valence-corrected chi connectivity index (χ4v) is 2.85. The molecular formula is C16H18N2O3. The number of carbonyl (C=O) groups excluding carboxylic acids is 1. The highest BCUT2D eigenvalue weighted by Crippen LogP contribution is 2.42. The Kier molecular flexibility index (Phi) is 4.27. The molecule has 0 aliphatic heterocycles. The highest BCUT2D eigenvalue weighted by molar-refractivity contribution is 5.96. The second-order valence-electron chi connectivity index (χ2n) is 5.58. The number of carboxylic acid groups (broad SMARTS) is 1. The highest BCUT2D eigenvalue weighted by Gasteiger charge is 2.43. The maximum atomic E-state index is 12.4. The van der Waals surface area contributed by atoms with Crippen LogP contribution in [0.1, 0.15) is 37.7 Å². The van der Waals surface area contributed by atoms with E-state index in [0.29, 0.717) is 24.1 Å². The standard InChI is InChI=1S/C16H18N2O3/c1-18(13-6-4-5-12(9-13)11-17)14(19)10-16(15(20)21)7-2-3-8-16/h4-6,9H,2-3,7-8,10H2,1H3,(H,20,21). The average Bonchev–Trinajstić information content (AvgIpc) is 2.96. The van der Waals surface area contributed by atoms with E-state index in [4.69, 9.17) is 5.26 Å². The van der Waals surface area contributed by atoms with E-state index in [0.717, 1.165) is 12.8 Å². The highest BCUT2D eigenvalue weighted by atomic mass is 16.4. The molecule has 1 aliphatic rings. The number of carboxylic acids is 1. The monoisotopic (exact) mass is 286 g/mol. The zero-order chi connectivity index (χ0) is 15.5. The normalized spacial score (nSPS) is 16.2. The number of anilines is 1. The number of hydrogen-bond acceptors (Lipinski definition) is 3. The summed E-state index contributed by atoms with van der Waals surface area (Å²) in [5, 5.41) is 18.3. The number of benzene rings is 1. The minimum atomic E-state index is -0.918. The SMILES string of the molecule is CN(C(=O)CC1(C(=O)O)CCCC1)c1cccc(C#N)c1. The Morgan fingerprint density at radius 3 is 2.62 bits per heavy atom. The molecule has 0 unspecified atom stereocenters. The third-order valence-corrected chi connectivity index (χ3v) is 4.24. The van der Waals surface area contributed by atoms with Crippen molar-refractivity contribution in [3.63, 3.8) is 0 Å². The molecule has 110 valence electrons. The van der Waals surface area contributed by atoms with E-state index in [2.05, 4.69) is 0 Å². The number of nitrogens with zero attached hydrogens (tertiary/aromatic N) is 2. The van der Waals surface area contributed by atoms with Crippen LogP contribution in [0.3, 0.4) is 0 Å². The molecule has 1 saturated carbocycles. The lowest BCUT2D eigenvalue weighted by Crippen LogP contribution is -2.36. The lowest BCUT2D eigenvalue weighted by molar-refractivity contribution is -0.151. The van der Waals surface area contributed by atoms with Crippen LogP contribution in [0.15, 0.2) is 24.3 Å². The summed E-state index contributed by atoms with van der Waals surface area (Å²) >= 11 is 0. The van der Waals surface area contributed by atoms with Crippen LogP contribution in [0.4, 0.5) is 5.69 Å². The minimum Gasteiger partial charge on any atom is -0.481 e. The Morgan fingerprint density at radius 2 is 2.05 bits per heavy atom. The Bertz CT molecular complexity index is 598. The van der Waals surface area contributed by atoms with Crippen molar-refractivity contribution in [2.24, 2.45) is 5.41 Å². The predicted molar refractivity (Wildman–Crippen MR) is 77.7 cm³/mol. The number of amides is 1. The average molecular weight is 286 g/mol. The van der Waals surface area contributed by atoms with E-state index < -0.39 is 11.4 Å².